The van der Waals surface area contributed by atoms with Gasteiger partial charge in [0.2, 0.25) is 0 Å². The molecule has 0 aromatic heterocycles. The molecule has 0 saturated carbocycles. The summed E-state index contributed by atoms with van der Waals surface area (Å²) in [5, 5.41) is 18.1. The minimum absolute atomic E-state index is 0.266. The first-order chi connectivity index (χ1) is 15.5. The van der Waals surface area contributed by atoms with Gasteiger partial charge in [0.25, 0.3) is 0 Å². The maximum absolute atomic E-state index is 11.0. The van der Waals surface area contributed by atoms with E-state index in [-0.39, 0.29) is 5.92 Å². The first kappa shape index (κ1) is 21.3. The molecule has 2 aliphatic rings. The number of hydrogen-bond donors (Lipinski definition) is 2. The van der Waals surface area contributed by atoms with Gasteiger partial charge < -0.3 is 10.2 Å². The predicted molar refractivity (Wildman–Crippen MR) is 126 cm³/mol. The lowest BCUT2D eigenvalue weighted by Gasteiger charge is -2.16. The zero-order valence-corrected chi connectivity index (χ0v) is 17.6. The number of rotatable bonds is 6. The van der Waals surface area contributed by atoms with Crippen molar-refractivity contribution >= 4 is 17.5 Å². The minimum Gasteiger partial charge on any atom is -0.478 e. The molecular formula is C28H24O4. The summed E-state index contributed by atoms with van der Waals surface area (Å²) >= 11 is 0. The fourth-order valence-corrected chi connectivity index (χ4v) is 3.94. The Morgan fingerprint density at radius 3 is 2.00 bits per heavy atom. The smallest absolute Gasteiger partial charge is 0.335 e. The van der Waals surface area contributed by atoms with Crippen LogP contribution in [0.4, 0.5) is 0 Å². The van der Waals surface area contributed by atoms with Crippen molar-refractivity contribution in [2.75, 3.05) is 0 Å². The summed E-state index contributed by atoms with van der Waals surface area (Å²) in [6.07, 6.45) is 17.8. The molecule has 4 rings (SSSR count). The molecule has 1 atom stereocenters. The third kappa shape index (κ3) is 5.03. The van der Waals surface area contributed by atoms with Gasteiger partial charge in [0.15, 0.2) is 0 Å². The lowest BCUT2D eigenvalue weighted by molar-refractivity contribution is 0.0686. The van der Waals surface area contributed by atoms with Gasteiger partial charge in [-0.3, -0.25) is 0 Å². The lowest BCUT2D eigenvalue weighted by Crippen LogP contribution is -2.00. The highest BCUT2D eigenvalue weighted by molar-refractivity contribution is 5.88. The van der Waals surface area contributed by atoms with E-state index in [2.05, 4.69) is 42.5 Å². The summed E-state index contributed by atoms with van der Waals surface area (Å²) in [7, 11) is 0. The van der Waals surface area contributed by atoms with Gasteiger partial charge in [0, 0.05) is 5.92 Å². The quantitative estimate of drug-likeness (QED) is 0.562. The van der Waals surface area contributed by atoms with E-state index in [1.807, 2.05) is 24.3 Å². The Bertz CT molecular complexity index is 1170. The Morgan fingerprint density at radius 1 is 0.812 bits per heavy atom. The summed E-state index contributed by atoms with van der Waals surface area (Å²) in [5.41, 5.74) is 6.44. The molecule has 1 unspecified atom stereocenters. The van der Waals surface area contributed by atoms with Crippen molar-refractivity contribution in [3.05, 3.63) is 124 Å². The SMILES string of the molecule is O=C(O)c1ccc(C2=CC=C(/C=C\C3=CCC(c4ccc(C(=O)O)cc4)C=C3)CC2)cc1. The van der Waals surface area contributed by atoms with Gasteiger partial charge in [-0.15, -0.1) is 0 Å². The van der Waals surface area contributed by atoms with Gasteiger partial charge in [0.1, 0.15) is 0 Å². The Kier molecular flexibility index (Phi) is 6.31. The van der Waals surface area contributed by atoms with E-state index in [0.29, 0.717) is 11.1 Å². The second kappa shape index (κ2) is 9.48. The summed E-state index contributed by atoms with van der Waals surface area (Å²) in [4.78, 5) is 22.0. The van der Waals surface area contributed by atoms with Gasteiger partial charge in [-0.05, 0) is 71.4 Å². The van der Waals surface area contributed by atoms with Gasteiger partial charge in [-0.25, -0.2) is 9.59 Å². The number of allylic oxidation sites excluding steroid dienone is 10. The highest BCUT2D eigenvalue weighted by Gasteiger charge is 2.12. The zero-order chi connectivity index (χ0) is 22.5. The van der Waals surface area contributed by atoms with E-state index in [0.717, 1.165) is 30.4 Å². The highest BCUT2D eigenvalue weighted by Crippen LogP contribution is 2.30. The fourth-order valence-electron chi connectivity index (χ4n) is 3.94. The molecule has 32 heavy (non-hydrogen) atoms. The molecule has 2 aliphatic carbocycles. The Labute approximate surface area is 187 Å². The van der Waals surface area contributed by atoms with E-state index in [1.54, 1.807) is 24.3 Å². The fraction of sp³-hybridized carbons (Fsp3) is 0.143. The molecule has 0 bridgehead atoms. The average molecular weight is 424 g/mol. The van der Waals surface area contributed by atoms with Crippen molar-refractivity contribution in [1.29, 1.82) is 0 Å². The van der Waals surface area contributed by atoms with Crippen LogP contribution in [0.3, 0.4) is 0 Å². The van der Waals surface area contributed by atoms with Gasteiger partial charge in [0.05, 0.1) is 11.1 Å². The number of aromatic carboxylic acids is 2. The Balaban J connectivity index is 1.36. The van der Waals surface area contributed by atoms with E-state index >= 15 is 0 Å². The van der Waals surface area contributed by atoms with Crippen molar-refractivity contribution in [3.8, 4) is 0 Å². The molecule has 2 aromatic rings. The largest absolute Gasteiger partial charge is 0.478 e. The first-order valence-corrected chi connectivity index (χ1v) is 10.6. The Morgan fingerprint density at radius 2 is 1.47 bits per heavy atom. The lowest BCUT2D eigenvalue weighted by atomic mass is 9.89. The number of carboxylic acids is 2. The topological polar surface area (TPSA) is 74.6 Å². The third-order valence-corrected chi connectivity index (χ3v) is 5.89. The molecule has 2 N–H and O–H groups in total. The molecule has 0 aliphatic heterocycles. The van der Waals surface area contributed by atoms with Crippen LogP contribution in [0.15, 0.2) is 102 Å². The molecule has 0 amide bonds. The van der Waals surface area contributed by atoms with E-state index in [1.165, 1.54) is 16.7 Å². The van der Waals surface area contributed by atoms with E-state index in [9.17, 15) is 9.59 Å². The molecule has 0 heterocycles. The van der Waals surface area contributed by atoms with Crippen molar-refractivity contribution in [2.45, 2.75) is 25.2 Å². The molecular weight excluding hydrogens is 400 g/mol. The molecule has 0 saturated heterocycles. The molecule has 160 valence electrons. The van der Waals surface area contributed by atoms with Crippen LogP contribution >= 0.6 is 0 Å². The zero-order valence-electron chi connectivity index (χ0n) is 17.6. The van der Waals surface area contributed by atoms with Crippen LogP contribution in [-0.4, -0.2) is 22.2 Å². The van der Waals surface area contributed by atoms with Gasteiger partial charge in [-0.2, -0.15) is 0 Å². The van der Waals surface area contributed by atoms with E-state index < -0.39 is 11.9 Å². The van der Waals surface area contributed by atoms with Crippen LogP contribution in [0.25, 0.3) is 5.57 Å². The third-order valence-electron chi connectivity index (χ3n) is 5.89. The first-order valence-electron chi connectivity index (χ1n) is 10.6. The second-order valence-corrected chi connectivity index (χ2v) is 7.98. The van der Waals surface area contributed by atoms with Gasteiger partial charge in [-0.1, -0.05) is 66.8 Å². The standard InChI is InChI=1S/C28H24O4/c29-27(30)25-15-11-23(12-16-25)21-7-3-19(4-8-21)1-2-20-5-9-22(10-6-20)24-13-17-26(18-14-24)28(31)32/h1-5,7,9,11-18,21H,6,8,10H2,(H,29,30)(H,31,32)/b2-1-. The Hall–Kier alpha value is -3.92. The van der Waals surface area contributed by atoms with Crippen molar-refractivity contribution in [1.82, 2.24) is 0 Å². The maximum atomic E-state index is 11.0. The minimum atomic E-state index is -0.907. The number of benzene rings is 2. The average Bonchev–Trinajstić information content (AvgIpc) is 2.83. The van der Waals surface area contributed by atoms with Crippen LogP contribution in [-0.2, 0) is 0 Å². The predicted octanol–water partition coefficient (Wildman–Crippen LogP) is 6.41. The molecule has 4 nitrogen and oxygen atoms in total. The summed E-state index contributed by atoms with van der Waals surface area (Å²) in [6, 6.07) is 14.1. The maximum Gasteiger partial charge on any atom is 0.335 e. The second-order valence-electron chi connectivity index (χ2n) is 7.98. The molecule has 4 heteroatoms. The van der Waals surface area contributed by atoms with E-state index in [4.69, 9.17) is 10.2 Å². The summed E-state index contributed by atoms with van der Waals surface area (Å²) in [5.74, 6) is -1.55. The highest BCUT2D eigenvalue weighted by atomic mass is 16.4. The van der Waals surface area contributed by atoms with Gasteiger partial charge >= 0.3 is 11.9 Å². The van der Waals surface area contributed by atoms with Crippen molar-refractivity contribution in [3.63, 3.8) is 0 Å². The molecule has 2 aromatic carbocycles. The van der Waals surface area contributed by atoms with Crippen molar-refractivity contribution < 1.29 is 19.8 Å². The van der Waals surface area contributed by atoms with Crippen LogP contribution in [0.1, 0.15) is 57.0 Å². The summed E-state index contributed by atoms with van der Waals surface area (Å²) < 4.78 is 0. The molecule has 0 radical (unpaired) electrons. The monoisotopic (exact) mass is 424 g/mol. The van der Waals surface area contributed by atoms with Crippen LogP contribution in [0, 0.1) is 0 Å². The normalized spacial score (nSPS) is 18.1. The van der Waals surface area contributed by atoms with Crippen molar-refractivity contribution in [2.24, 2.45) is 0 Å². The van der Waals surface area contributed by atoms with Crippen LogP contribution in [0.5, 0.6) is 0 Å². The number of carbonyl (C=O) groups is 2. The molecule has 0 fully saturated rings. The number of hydrogen-bond acceptors (Lipinski definition) is 2. The molecule has 0 spiro atoms. The van der Waals surface area contributed by atoms with Crippen LogP contribution in [0.2, 0.25) is 0 Å². The van der Waals surface area contributed by atoms with Crippen LogP contribution < -0.4 is 0 Å². The summed E-state index contributed by atoms with van der Waals surface area (Å²) in [6.45, 7) is 0. The number of carboxylic acid groups (broad SMARTS) is 2.